The van der Waals surface area contributed by atoms with Gasteiger partial charge in [-0.1, -0.05) is 12.1 Å². The molecular weight excluding hydrogens is 446 g/mol. The average Bonchev–Trinajstić information content (AvgIpc) is 3.20. The van der Waals surface area contributed by atoms with E-state index in [1.54, 1.807) is 37.4 Å². The van der Waals surface area contributed by atoms with Crippen LogP contribution in [0.5, 0.6) is 0 Å². The zero-order chi connectivity index (χ0) is 22.1. The van der Waals surface area contributed by atoms with Crippen molar-refractivity contribution in [2.45, 2.75) is 15.6 Å². The van der Waals surface area contributed by atoms with E-state index >= 15 is 0 Å². The molecule has 0 aliphatic heterocycles. The molecule has 1 aromatic heterocycles. The first-order valence-electron chi connectivity index (χ1n) is 9.02. The van der Waals surface area contributed by atoms with Gasteiger partial charge in [0.1, 0.15) is 4.21 Å². The van der Waals surface area contributed by atoms with Crippen molar-refractivity contribution in [3.05, 3.63) is 46.8 Å². The van der Waals surface area contributed by atoms with Crippen LogP contribution in [0.25, 0.3) is 0 Å². The molecule has 1 heterocycles. The predicted molar refractivity (Wildman–Crippen MR) is 118 cm³/mol. The number of methoxy groups -OCH3 is 1. The van der Waals surface area contributed by atoms with Gasteiger partial charge in [-0.15, -0.1) is 23.1 Å². The Hall–Kier alpha value is -1.92. The molecule has 164 valence electrons. The first-order valence-corrected chi connectivity index (χ1v) is 12.3. The van der Waals surface area contributed by atoms with Gasteiger partial charge in [0.15, 0.2) is 0 Å². The number of carbonyl (C=O) groups excluding carboxylic acids is 2. The molecule has 0 aliphatic carbocycles. The Morgan fingerprint density at radius 3 is 2.57 bits per heavy atom. The Morgan fingerprint density at radius 1 is 1.13 bits per heavy atom. The van der Waals surface area contributed by atoms with Gasteiger partial charge in [0.05, 0.1) is 24.5 Å². The molecule has 2 rings (SSSR count). The Bertz CT molecular complexity index is 973. The van der Waals surface area contributed by atoms with Crippen molar-refractivity contribution < 1.29 is 22.7 Å². The van der Waals surface area contributed by atoms with Crippen molar-refractivity contribution in [3.63, 3.8) is 0 Å². The maximum atomic E-state index is 12.6. The fourth-order valence-corrected chi connectivity index (χ4v) is 5.65. The van der Waals surface area contributed by atoms with Crippen molar-refractivity contribution in [1.29, 1.82) is 0 Å². The van der Waals surface area contributed by atoms with E-state index in [1.165, 1.54) is 31.9 Å². The summed E-state index contributed by atoms with van der Waals surface area (Å²) in [5.74, 6) is -0.242. The molecule has 0 unspecified atom stereocenters. The number of amides is 2. The van der Waals surface area contributed by atoms with Gasteiger partial charge in [-0.05, 0) is 24.3 Å². The number of nitrogens with one attached hydrogen (secondary N) is 2. The summed E-state index contributed by atoms with van der Waals surface area (Å²) >= 11 is 2.40. The number of rotatable bonds is 11. The molecule has 0 spiro atoms. The monoisotopic (exact) mass is 471 g/mol. The summed E-state index contributed by atoms with van der Waals surface area (Å²) in [6, 6.07) is 10.3. The second-order valence-electron chi connectivity index (χ2n) is 6.32. The number of hydrogen-bond acceptors (Lipinski definition) is 7. The van der Waals surface area contributed by atoms with Gasteiger partial charge < -0.3 is 15.4 Å². The minimum Gasteiger partial charge on any atom is -0.383 e. The summed E-state index contributed by atoms with van der Waals surface area (Å²) in [6.07, 6.45) is 0. The molecule has 8 nitrogen and oxygen atoms in total. The van der Waals surface area contributed by atoms with Crippen molar-refractivity contribution in [2.24, 2.45) is 0 Å². The third-order valence-electron chi connectivity index (χ3n) is 3.91. The fraction of sp³-hybridized carbons (Fsp3) is 0.368. The second kappa shape index (κ2) is 11.5. The summed E-state index contributed by atoms with van der Waals surface area (Å²) in [6.45, 7) is 1.09. The molecule has 0 radical (unpaired) electrons. The van der Waals surface area contributed by atoms with Crippen LogP contribution in [0.3, 0.4) is 0 Å². The minimum atomic E-state index is -3.49. The van der Waals surface area contributed by atoms with Crippen molar-refractivity contribution in [2.75, 3.05) is 40.1 Å². The lowest BCUT2D eigenvalue weighted by Crippen LogP contribution is -2.28. The molecule has 0 saturated carbocycles. The SMILES string of the molecule is COCCNC(=O)CSc1ccccc1C(=O)NCc1ccc(S(=O)(=O)N(C)C)s1. The number of thiophene rings is 1. The molecule has 2 amide bonds. The van der Waals surface area contributed by atoms with Gasteiger partial charge in [0.2, 0.25) is 5.91 Å². The Labute approximate surface area is 185 Å². The summed E-state index contributed by atoms with van der Waals surface area (Å²) in [5.41, 5.74) is 0.463. The van der Waals surface area contributed by atoms with Crippen LogP contribution < -0.4 is 10.6 Å². The average molecular weight is 472 g/mol. The van der Waals surface area contributed by atoms with Crippen LogP contribution in [0.1, 0.15) is 15.2 Å². The highest BCUT2D eigenvalue weighted by Gasteiger charge is 2.20. The van der Waals surface area contributed by atoms with Gasteiger partial charge in [-0.3, -0.25) is 9.59 Å². The van der Waals surface area contributed by atoms with Gasteiger partial charge >= 0.3 is 0 Å². The first-order chi connectivity index (χ1) is 14.3. The van der Waals surface area contributed by atoms with Crippen LogP contribution in [0, 0.1) is 0 Å². The van der Waals surface area contributed by atoms with Crippen LogP contribution in [0.2, 0.25) is 0 Å². The summed E-state index contributed by atoms with van der Waals surface area (Å²) in [4.78, 5) is 25.9. The topological polar surface area (TPSA) is 105 Å². The lowest BCUT2D eigenvalue weighted by molar-refractivity contribution is -0.118. The summed E-state index contributed by atoms with van der Waals surface area (Å²) in [7, 11) is 1.03. The van der Waals surface area contributed by atoms with E-state index in [9.17, 15) is 18.0 Å². The highest BCUT2D eigenvalue weighted by Crippen LogP contribution is 2.25. The zero-order valence-electron chi connectivity index (χ0n) is 17.0. The van der Waals surface area contributed by atoms with E-state index in [4.69, 9.17) is 4.74 Å². The molecule has 1 aromatic carbocycles. The highest BCUT2D eigenvalue weighted by atomic mass is 32.2. The predicted octanol–water partition coefficient (Wildman–Crippen LogP) is 1.78. The third kappa shape index (κ3) is 6.81. The first kappa shape index (κ1) is 24.4. The largest absolute Gasteiger partial charge is 0.383 e. The van der Waals surface area contributed by atoms with Gasteiger partial charge in [-0.2, -0.15) is 0 Å². The molecule has 0 atom stereocenters. The molecular formula is C19H25N3O5S3. The molecule has 2 N–H and O–H groups in total. The maximum Gasteiger partial charge on any atom is 0.252 e. The minimum absolute atomic E-state index is 0.138. The Balaban J connectivity index is 1.96. The van der Waals surface area contributed by atoms with Crippen LogP contribution in [-0.4, -0.2) is 64.6 Å². The zero-order valence-corrected chi connectivity index (χ0v) is 19.5. The van der Waals surface area contributed by atoms with Gasteiger partial charge in [-0.25, -0.2) is 12.7 Å². The van der Waals surface area contributed by atoms with E-state index in [0.717, 1.165) is 20.5 Å². The normalized spacial score (nSPS) is 11.5. The Kier molecular flexibility index (Phi) is 9.31. The van der Waals surface area contributed by atoms with Crippen LogP contribution in [-0.2, 0) is 26.1 Å². The summed E-state index contributed by atoms with van der Waals surface area (Å²) < 4.78 is 30.6. The number of benzene rings is 1. The van der Waals surface area contributed by atoms with E-state index in [2.05, 4.69) is 10.6 Å². The van der Waals surface area contributed by atoms with Gasteiger partial charge in [0.25, 0.3) is 15.9 Å². The third-order valence-corrected chi connectivity index (χ3v) is 8.36. The molecule has 30 heavy (non-hydrogen) atoms. The van der Waals surface area contributed by atoms with Crippen LogP contribution in [0.4, 0.5) is 0 Å². The number of ether oxygens (including phenoxy) is 1. The van der Waals surface area contributed by atoms with Crippen molar-refractivity contribution in [3.8, 4) is 0 Å². The van der Waals surface area contributed by atoms with Crippen LogP contribution in [0.15, 0.2) is 45.5 Å². The number of nitrogens with zero attached hydrogens (tertiary/aromatic N) is 1. The molecule has 0 fully saturated rings. The number of hydrogen-bond donors (Lipinski definition) is 2. The number of thioether (sulfide) groups is 1. The van der Waals surface area contributed by atoms with Gasteiger partial charge in [0, 0.05) is 37.5 Å². The molecule has 11 heteroatoms. The molecule has 2 aromatic rings. The fourth-order valence-electron chi connectivity index (χ4n) is 2.30. The number of carbonyl (C=O) groups is 2. The number of sulfonamides is 1. The molecule has 0 saturated heterocycles. The quantitative estimate of drug-likeness (QED) is 0.382. The molecule has 0 bridgehead atoms. The van der Waals surface area contributed by atoms with E-state index in [1.807, 2.05) is 0 Å². The standard InChI is InChI=1S/C19H25N3O5S3/c1-22(2)30(25,26)18-9-8-14(29-18)12-21-19(24)15-6-4-5-7-16(15)28-13-17(23)20-10-11-27-3/h4-9H,10-13H2,1-3H3,(H,20,23)(H,21,24). The highest BCUT2D eigenvalue weighted by molar-refractivity contribution is 8.00. The van der Waals surface area contributed by atoms with E-state index in [0.29, 0.717) is 23.6 Å². The van der Waals surface area contributed by atoms with Crippen molar-refractivity contribution in [1.82, 2.24) is 14.9 Å². The lowest BCUT2D eigenvalue weighted by Gasteiger charge is -2.10. The van der Waals surface area contributed by atoms with E-state index < -0.39 is 10.0 Å². The summed E-state index contributed by atoms with van der Waals surface area (Å²) in [5, 5.41) is 5.55. The smallest absolute Gasteiger partial charge is 0.252 e. The van der Waals surface area contributed by atoms with Crippen molar-refractivity contribution >= 4 is 44.9 Å². The Morgan fingerprint density at radius 2 is 1.87 bits per heavy atom. The second-order valence-corrected chi connectivity index (χ2v) is 10.9. The van der Waals surface area contributed by atoms with E-state index in [-0.39, 0.29) is 28.3 Å². The van der Waals surface area contributed by atoms with Crippen LogP contribution >= 0.6 is 23.1 Å². The lowest BCUT2D eigenvalue weighted by atomic mass is 10.2. The molecule has 0 aliphatic rings. The maximum absolute atomic E-state index is 12.6.